The van der Waals surface area contributed by atoms with Crippen LogP contribution in [0.2, 0.25) is 5.15 Å². The number of hydrogen-bond acceptors (Lipinski definition) is 3. The first kappa shape index (κ1) is 13.7. The van der Waals surface area contributed by atoms with Gasteiger partial charge in [0.05, 0.1) is 18.5 Å². The third-order valence-corrected chi connectivity index (χ3v) is 3.17. The maximum absolute atomic E-state index is 5.84. The molecule has 1 aromatic carbocycles. The van der Waals surface area contributed by atoms with E-state index < -0.39 is 0 Å². The van der Waals surface area contributed by atoms with Crippen LogP contribution < -0.4 is 10.1 Å². The van der Waals surface area contributed by atoms with E-state index in [2.05, 4.69) is 23.3 Å². The first-order chi connectivity index (χ1) is 9.10. The normalized spacial score (nSPS) is 10.3. The Balaban J connectivity index is 2.16. The van der Waals surface area contributed by atoms with Gasteiger partial charge >= 0.3 is 0 Å². The third kappa shape index (κ3) is 3.38. The summed E-state index contributed by atoms with van der Waals surface area (Å²) < 4.78 is 5.36. The molecule has 0 spiro atoms. The number of methoxy groups -OCH3 is 1. The summed E-state index contributed by atoms with van der Waals surface area (Å²) in [7, 11) is 1.68. The molecule has 0 unspecified atom stereocenters. The molecule has 0 bridgehead atoms. The van der Waals surface area contributed by atoms with E-state index in [0.29, 0.717) is 11.7 Å². The van der Waals surface area contributed by atoms with Crippen molar-refractivity contribution in [3.8, 4) is 5.75 Å². The monoisotopic (exact) mass is 276 g/mol. The molecular weight excluding hydrogens is 260 g/mol. The van der Waals surface area contributed by atoms with Crippen LogP contribution in [-0.2, 0) is 6.54 Å². The molecule has 0 amide bonds. The Bertz CT molecular complexity index is 584. The molecule has 0 radical (unpaired) electrons. The minimum absolute atomic E-state index is 0.510. The quantitative estimate of drug-likeness (QED) is 0.858. The third-order valence-electron chi connectivity index (χ3n) is 2.96. The van der Waals surface area contributed by atoms with Gasteiger partial charge in [0.25, 0.3) is 0 Å². The van der Waals surface area contributed by atoms with Gasteiger partial charge in [0, 0.05) is 12.1 Å². The van der Waals surface area contributed by atoms with Crippen LogP contribution in [0, 0.1) is 13.8 Å². The molecule has 3 nitrogen and oxygen atoms in total. The van der Waals surface area contributed by atoms with Gasteiger partial charge in [-0.2, -0.15) is 0 Å². The molecule has 1 aromatic heterocycles. The minimum atomic E-state index is 0.510. The number of aryl methyl sites for hydroxylation is 2. The lowest BCUT2D eigenvalue weighted by atomic mass is 10.1. The fourth-order valence-corrected chi connectivity index (χ4v) is 2.14. The molecular formula is C15H17ClN2O. The maximum atomic E-state index is 5.84. The zero-order chi connectivity index (χ0) is 13.8. The van der Waals surface area contributed by atoms with Crippen molar-refractivity contribution in [2.45, 2.75) is 20.4 Å². The first-order valence-electron chi connectivity index (χ1n) is 6.10. The predicted molar refractivity (Wildman–Crippen MR) is 79.0 cm³/mol. The number of hydrogen-bond donors (Lipinski definition) is 1. The Morgan fingerprint density at radius 3 is 2.68 bits per heavy atom. The SMILES string of the molecule is COc1ccc(C)cc1CNc1ccc(Cl)nc1C. The zero-order valence-corrected chi connectivity index (χ0v) is 12.1. The van der Waals surface area contributed by atoms with Crippen LogP contribution in [-0.4, -0.2) is 12.1 Å². The first-order valence-corrected chi connectivity index (χ1v) is 6.48. The average molecular weight is 277 g/mol. The van der Waals surface area contributed by atoms with Crippen molar-refractivity contribution in [2.24, 2.45) is 0 Å². The van der Waals surface area contributed by atoms with E-state index in [0.717, 1.165) is 22.7 Å². The summed E-state index contributed by atoms with van der Waals surface area (Å²) in [5.41, 5.74) is 4.20. The van der Waals surface area contributed by atoms with Crippen molar-refractivity contribution in [3.63, 3.8) is 0 Å². The fourth-order valence-electron chi connectivity index (χ4n) is 1.95. The second kappa shape index (κ2) is 5.93. The molecule has 0 atom stereocenters. The standard InChI is InChI=1S/C15H17ClN2O/c1-10-4-6-14(19-3)12(8-10)9-17-13-5-7-15(16)18-11(13)2/h4-8,17H,9H2,1-3H3. The van der Waals surface area contributed by atoms with Crippen molar-refractivity contribution < 1.29 is 4.74 Å². The summed E-state index contributed by atoms with van der Waals surface area (Å²) >= 11 is 5.84. The average Bonchev–Trinajstić information content (AvgIpc) is 2.38. The summed E-state index contributed by atoms with van der Waals surface area (Å²) in [5, 5.41) is 3.87. The van der Waals surface area contributed by atoms with E-state index in [1.807, 2.05) is 25.1 Å². The number of benzene rings is 1. The maximum Gasteiger partial charge on any atom is 0.129 e. The molecule has 4 heteroatoms. The van der Waals surface area contributed by atoms with Crippen LogP contribution in [0.25, 0.3) is 0 Å². The Morgan fingerprint density at radius 1 is 1.21 bits per heavy atom. The van der Waals surface area contributed by atoms with Gasteiger partial charge < -0.3 is 10.1 Å². The Morgan fingerprint density at radius 2 is 2.00 bits per heavy atom. The number of pyridine rings is 1. The van der Waals surface area contributed by atoms with Crippen LogP contribution in [0.1, 0.15) is 16.8 Å². The molecule has 0 saturated carbocycles. The number of anilines is 1. The second-order valence-electron chi connectivity index (χ2n) is 4.44. The summed E-state index contributed by atoms with van der Waals surface area (Å²) in [4.78, 5) is 4.22. The van der Waals surface area contributed by atoms with Crippen molar-refractivity contribution in [2.75, 3.05) is 12.4 Å². The van der Waals surface area contributed by atoms with Gasteiger partial charge in [-0.3, -0.25) is 0 Å². The van der Waals surface area contributed by atoms with Crippen molar-refractivity contribution in [3.05, 3.63) is 52.3 Å². The molecule has 100 valence electrons. The molecule has 2 aromatic rings. The number of nitrogens with one attached hydrogen (secondary N) is 1. The van der Waals surface area contributed by atoms with Crippen LogP contribution in [0.15, 0.2) is 30.3 Å². The van der Waals surface area contributed by atoms with Gasteiger partial charge in [-0.25, -0.2) is 4.98 Å². The van der Waals surface area contributed by atoms with Crippen molar-refractivity contribution in [1.29, 1.82) is 0 Å². The van der Waals surface area contributed by atoms with Crippen molar-refractivity contribution in [1.82, 2.24) is 4.98 Å². The number of rotatable bonds is 4. The van der Waals surface area contributed by atoms with Crippen LogP contribution in [0.3, 0.4) is 0 Å². The van der Waals surface area contributed by atoms with Crippen molar-refractivity contribution >= 4 is 17.3 Å². The smallest absolute Gasteiger partial charge is 0.129 e. The van der Waals surface area contributed by atoms with Crippen LogP contribution >= 0.6 is 11.6 Å². The highest BCUT2D eigenvalue weighted by Crippen LogP contribution is 2.22. The number of ether oxygens (including phenoxy) is 1. The molecule has 2 rings (SSSR count). The molecule has 0 aliphatic heterocycles. The van der Waals surface area contributed by atoms with E-state index >= 15 is 0 Å². The van der Waals surface area contributed by atoms with Gasteiger partial charge in [-0.1, -0.05) is 29.3 Å². The Kier molecular flexibility index (Phi) is 4.27. The van der Waals surface area contributed by atoms with Gasteiger partial charge in [0.2, 0.25) is 0 Å². The van der Waals surface area contributed by atoms with Gasteiger partial charge in [-0.15, -0.1) is 0 Å². The number of aromatic nitrogens is 1. The summed E-state index contributed by atoms with van der Waals surface area (Å²) in [6.07, 6.45) is 0. The van der Waals surface area contributed by atoms with Gasteiger partial charge in [-0.05, 0) is 32.0 Å². The predicted octanol–water partition coefficient (Wildman–Crippen LogP) is 3.97. The Labute approximate surface area is 118 Å². The minimum Gasteiger partial charge on any atom is -0.496 e. The van der Waals surface area contributed by atoms with E-state index in [1.165, 1.54) is 5.56 Å². The molecule has 0 fully saturated rings. The number of halogens is 1. The zero-order valence-electron chi connectivity index (χ0n) is 11.3. The summed E-state index contributed by atoms with van der Waals surface area (Å²) in [6.45, 7) is 4.69. The van der Waals surface area contributed by atoms with E-state index in [4.69, 9.17) is 16.3 Å². The van der Waals surface area contributed by atoms with Crippen LogP contribution in [0.4, 0.5) is 5.69 Å². The highest BCUT2D eigenvalue weighted by atomic mass is 35.5. The lowest BCUT2D eigenvalue weighted by molar-refractivity contribution is 0.410. The summed E-state index contributed by atoms with van der Waals surface area (Å²) in [5.74, 6) is 0.887. The topological polar surface area (TPSA) is 34.1 Å². The van der Waals surface area contributed by atoms with E-state index in [1.54, 1.807) is 13.2 Å². The number of nitrogens with zero attached hydrogens (tertiary/aromatic N) is 1. The van der Waals surface area contributed by atoms with E-state index in [9.17, 15) is 0 Å². The van der Waals surface area contributed by atoms with Gasteiger partial charge in [0.1, 0.15) is 10.9 Å². The summed E-state index contributed by atoms with van der Waals surface area (Å²) in [6, 6.07) is 9.86. The molecule has 1 N–H and O–H groups in total. The molecule has 0 saturated heterocycles. The van der Waals surface area contributed by atoms with Crippen LogP contribution in [0.5, 0.6) is 5.75 Å². The van der Waals surface area contributed by atoms with Gasteiger partial charge in [0.15, 0.2) is 0 Å². The molecule has 1 heterocycles. The molecule has 19 heavy (non-hydrogen) atoms. The fraction of sp³-hybridized carbons (Fsp3) is 0.267. The van der Waals surface area contributed by atoms with E-state index in [-0.39, 0.29) is 0 Å². The lowest BCUT2D eigenvalue weighted by Crippen LogP contribution is -2.04. The largest absolute Gasteiger partial charge is 0.496 e. The molecule has 0 aliphatic rings. The molecule has 0 aliphatic carbocycles. The lowest BCUT2D eigenvalue weighted by Gasteiger charge is -2.12. The second-order valence-corrected chi connectivity index (χ2v) is 4.82. The highest BCUT2D eigenvalue weighted by Gasteiger charge is 2.05. The Hall–Kier alpha value is -1.74. The highest BCUT2D eigenvalue weighted by molar-refractivity contribution is 6.29.